The zero-order valence-electron chi connectivity index (χ0n) is 40.8. The molecule has 0 heterocycles. The van der Waals surface area contributed by atoms with Crippen LogP contribution in [0.25, 0.3) is 121 Å². The summed E-state index contributed by atoms with van der Waals surface area (Å²) in [5.74, 6) is 0. The van der Waals surface area contributed by atoms with Crippen molar-refractivity contribution in [2.24, 2.45) is 0 Å². The summed E-state index contributed by atoms with van der Waals surface area (Å²) in [5.41, 5.74) is 24.7. The quantitative estimate of drug-likeness (QED) is 0.140. The lowest BCUT2D eigenvalue weighted by atomic mass is 9.82. The first-order chi connectivity index (χ1) is 34.1. The fourth-order valence-electron chi connectivity index (χ4n) is 10.8. The van der Waals surface area contributed by atoms with Crippen molar-refractivity contribution in [2.75, 3.05) is 0 Å². The zero-order valence-corrected chi connectivity index (χ0v) is 40.8. The lowest BCUT2D eigenvalue weighted by Gasteiger charge is -2.21. The Labute approximate surface area is 412 Å². The first kappa shape index (κ1) is 43.0. The second-order valence-corrected chi connectivity index (χ2v) is 19.7. The van der Waals surface area contributed by atoms with Crippen molar-refractivity contribution in [1.29, 1.82) is 0 Å². The van der Waals surface area contributed by atoms with Crippen LogP contribution in [0.15, 0.2) is 218 Å². The molecule has 0 aliphatic rings. The monoisotopic (exact) mass is 894 g/mol. The Morgan fingerprint density at radius 2 is 0.300 bits per heavy atom. The molecule has 0 nitrogen and oxygen atoms in total. The van der Waals surface area contributed by atoms with Crippen molar-refractivity contribution >= 4 is 43.1 Å². The van der Waals surface area contributed by atoms with Crippen LogP contribution in [0.1, 0.15) is 33.4 Å². The van der Waals surface area contributed by atoms with Gasteiger partial charge < -0.3 is 0 Å². The molecule has 0 saturated heterocycles. The van der Waals surface area contributed by atoms with Crippen molar-refractivity contribution in [3.63, 3.8) is 0 Å². The van der Waals surface area contributed by atoms with Crippen molar-refractivity contribution in [3.8, 4) is 77.9 Å². The number of rotatable bonds is 7. The molecule has 70 heavy (non-hydrogen) atoms. The van der Waals surface area contributed by atoms with E-state index in [9.17, 15) is 0 Å². The fraction of sp³-hybridized carbons (Fsp3) is 0.0857. The Balaban J connectivity index is 1.15. The molecule has 0 heteroatoms. The van der Waals surface area contributed by atoms with Crippen LogP contribution in [0.4, 0.5) is 0 Å². The molecule has 0 aliphatic heterocycles. The van der Waals surface area contributed by atoms with Gasteiger partial charge in [0.1, 0.15) is 0 Å². The van der Waals surface area contributed by atoms with Crippen LogP contribution in [0.5, 0.6) is 0 Å². The van der Waals surface area contributed by atoms with Gasteiger partial charge in [0.05, 0.1) is 0 Å². The smallest absolute Gasteiger partial charge is 0.00261 e. The molecule has 0 N–H and O–H groups in total. The molecule has 0 fully saturated rings. The number of hydrogen-bond acceptors (Lipinski definition) is 0. The van der Waals surface area contributed by atoms with Crippen molar-refractivity contribution in [3.05, 3.63) is 252 Å². The molecule has 334 valence electrons. The maximum absolute atomic E-state index is 2.47. The van der Waals surface area contributed by atoms with Crippen LogP contribution in [0.2, 0.25) is 0 Å². The normalized spacial score (nSPS) is 11.6. The molecule has 0 spiro atoms. The molecule has 0 bridgehead atoms. The maximum atomic E-state index is 2.47. The number of fused-ring (bicyclic) bond motifs is 4. The van der Waals surface area contributed by atoms with Crippen molar-refractivity contribution in [1.82, 2.24) is 0 Å². The summed E-state index contributed by atoms with van der Waals surface area (Å²) in [6.45, 7) is 13.0. The lowest BCUT2D eigenvalue weighted by Crippen LogP contribution is -1.94. The molecule has 12 aromatic carbocycles. The van der Waals surface area contributed by atoms with E-state index in [4.69, 9.17) is 0 Å². The predicted octanol–water partition coefficient (Wildman–Crippen LogP) is 19.8. The third-order valence-corrected chi connectivity index (χ3v) is 14.7. The van der Waals surface area contributed by atoms with E-state index >= 15 is 0 Å². The van der Waals surface area contributed by atoms with Gasteiger partial charge >= 0.3 is 0 Å². The number of aryl methyl sites for hydroxylation is 6. The van der Waals surface area contributed by atoms with E-state index in [1.54, 1.807) is 0 Å². The van der Waals surface area contributed by atoms with Gasteiger partial charge in [0, 0.05) is 0 Å². The predicted molar refractivity (Wildman–Crippen MR) is 303 cm³/mol. The van der Waals surface area contributed by atoms with E-state index in [1.165, 1.54) is 154 Å². The van der Waals surface area contributed by atoms with Crippen LogP contribution in [0, 0.1) is 41.5 Å². The summed E-state index contributed by atoms with van der Waals surface area (Å²) in [7, 11) is 0. The maximum Gasteiger partial charge on any atom is -0.00261 e. The van der Waals surface area contributed by atoms with E-state index in [0.717, 1.165) is 0 Å². The molecule has 0 aliphatic carbocycles. The first-order valence-corrected chi connectivity index (χ1v) is 24.6. The third kappa shape index (κ3) is 7.67. The van der Waals surface area contributed by atoms with Crippen LogP contribution in [0.3, 0.4) is 0 Å². The summed E-state index contributed by atoms with van der Waals surface area (Å²) >= 11 is 0. The third-order valence-electron chi connectivity index (χ3n) is 14.7. The highest BCUT2D eigenvalue weighted by Crippen LogP contribution is 2.49. The summed E-state index contributed by atoms with van der Waals surface area (Å²) in [6.07, 6.45) is 0. The number of hydrogen-bond donors (Lipinski definition) is 0. The average Bonchev–Trinajstić information content (AvgIpc) is 3.38. The lowest BCUT2D eigenvalue weighted by molar-refractivity contribution is 1.47. The minimum atomic E-state index is 1.19. The molecule has 0 unspecified atom stereocenters. The topological polar surface area (TPSA) is 0 Å². The van der Waals surface area contributed by atoms with Crippen molar-refractivity contribution in [2.45, 2.75) is 41.5 Å². The highest BCUT2D eigenvalue weighted by Gasteiger charge is 2.22. The minimum Gasteiger partial charge on any atom is -0.0587 e. The summed E-state index contributed by atoms with van der Waals surface area (Å²) < 4.78 is 0. The Bertz CT molecular complexity index is 3700. The van der Waals surface area contributed by atoms with Crippen LogP contribution in [-0.2, 0) is 0 Å². The summed E-state index contributed by atoms with van der Waals surface area (Å²) in [4.78, 5) is 0. The molecule has 12 rings (SSSR count). The Kier molecular flexibility index (Phi) is 10.6. The van der Waals surface area contributed by atoms with Gasteiger partial charge in [0.25, 0.3) is 0 Å². The Morgan fingerprint density at radius 1 is 0.143 bits per heavy atom. The molecule has 12 aromatic rings. The van der Waals surface area contributed by atoms with Crippen LogP contribution >= 0.6 is 0 Å². The van der Waals surface area contributed by atoms with E-state index in [-0.39, 0.29) is 0 Å². The van der Waals surface area contributed by atoms with Gasteiger partial charge in [-0.2, -0.15) is 0 Å². The second kappa shape index (κ2) is 17.3. The van der Waals surface area contributed by atoms with Gasteiger partial charge in [0.15, 0.2) is 0 Å². The van der Waals surface area contributed by atoms with Gasteiger partial charge in [-0.15, -0.1) is 0 Å². The van der Waals surface area contributed by atoms with Crippen molar-refractivity contribution < 1.29 is 0 Å². The standard InChI is InChI=1S/C70H54/c1-43-7-19-49(20-8-43)55-31-35-59-63(39-55)67(51-23-11-45(3)12-24-51)61-37-33-57(41-65(61)69(59)53-27-15-47(5)16-28-53)58-34-38-62-66(42-58)70(54-29-17-48(6)18-30-54)60-36-32-56(50-21-9-44(2)10-22-50)40-64(60)68(62)52-25-13-46(4)14-26-52/h7-42H,1-6H3. The van der Waals surface area contributed by atoms with Crippen LogP contribution in [-0.4, -0.2) is 0 Å². The highest BCUT2D eigenvalue weighted by atomic mass is 14.2. The molecular formula is C70H54. The largest absolute Gasteiger partial charge is 0.0587 e. The second-order valence-electron chi connectivity index (χ2n) is 19.7. The molecule has 0 aromatic heterocycles. The van der Waals surface area contributed by atoms with Gasteiger partial charge in [-0.1, -0.05) is 228 Å². The van der Waals surface area contributed by atoms with Gasteiger partial charge in [-0.25, -0.2) is 0 Å². The van der Waals surface area contributed by atoms with E-state index in [1.807, 2.05) is 0 Å². The number of benzene rings is 12. The molecule has 0 amide bonds. The average molecular weight is 895 g/mol. The summed E-state index contributed by atoms with van der Waals surface area (Å²) in [6, 6.07) is 83.0. The van der Waals surface area contributed by atoms with E-state index in [2.05, 4.69) is 260 Å². The van der Waals surface area contributed by atoms with E-state index in [0.29, 0.717) is 0 Å². The molecular weight excluding hydrogens is 841 g/mol. The van der Waals surface area contributed by atoms with Gasteiger partial charge in [-0.3, -0.25) is 0 Å². The first-order valence-electron chi connectivity index (χ1n) is 24.6. The van der Waals surface area contributed by atoms with E-state index < -0.39 is 0 Å². The Hall–Kier alpha value is -8.32. The summed E-state index contributed by atoms with van der Waals surface area (Å²) in [5, 5.41) is 9.99. The minimum absolute atomic E-state index is 1.19. The SMILES string of the molecule is Cc1ccc(-c2ccc3c(-c4ccc(C)cc4)c4cc(-c5ccc6c(-c7ccc(C)cc7)c7cc(-c8ccc(C)cc8)ccc7c(-c7ccc(C)cc7)c6c5)ccc4c(-c4ccc(C)cc4)c3c2)cc1. The molecule has 0 radical (unpaired) electrons. The fourth-order valence-corrected chi connectivity index (χ4v) is 10.8. The molecule has 0 atom stereocenters. The zero-order chi connectivity index (χ0) is 47.6. The van der Waals surface area contributed by atoms with Gasteiger partial charge in [0.2, 0.25) is 0 Å². The highest BCUT2D eigenvalue weighted by molar-refractivity contribution is 6.24. The Morgan fingerprint density at radius 3 is 0.500 bits per heavy atom. The van der Waals surface area contributed by atoms with Gasteiger partial charge in [-0.05, 0) is 187 Å². The van der Waals surface area contributed by atoms with Crippen LogP contribution < -0.4 is 0 Å². The molecule has 0 saturated carbocycles.